The van der Waals surface area contributed by atoms with Crippen LogP contribution in [0.2, 0.25) is 0 Å². The van der Waals surface area contributed by atoms with Crippen LogP contribution in [-0.4, -0.2) is 68.9 Å². The van der Waals surface area contributed by atoms with E-state index in [1.165, 1.54) is 30.3 Å². The number of aliphatic hydroxyl groups is 1. The molecule has 6 nitrogen and oxygen atoms in total. The standard InChI is InChI=1S/C24H23F4N3O3/c25-19-4-2-1-3-16(19)11-30-21(33)20-9-18(32)12-31(20)23(22(30)34)13-29(14-23)10-15-5-7-17(8-6-15)24(26,27)28/h1-8,18,20,32H,9-14H2. The van der Waals surface area contributed by atoms with E-state index in [4.69, 9.17) is 0 Å². The highest BCUT2D eigenvalue weighted by Gasteiger charge is 2.64. The average molecular weight is 477 g/mol. The summed E-state index contributed by atoms with van der Waals surface area (Å²) >= 11 is 0. The van der Waals surface area contributed by atoms with E-state index < -0.39 is 47.1 Å². The monoisotopic (exact) mass is 477 g/mol. The number of imide groups is 1. The third kappa shape index (κ3) is 3.79. The second-order valence-electron chi connectivity index (χ2n) is 9.25. The molecule has 3 aliphatic rings. The molecule has 0 radical (unpaired) electrons. The fourth-order valence-corrected chi connectivity index (χ4v) is 5.30. The molecule has 3 fully saturated rings. The van der Waals surface area contributed by atoms with E-state index in [9.17, 15) is 32.3 Å². The van der Waals surface area contributed by atoms with Gasteiger partial charge in [-0.2, -0.15) is 13.2 Å². The number of likely N-dealkylation sites (tertiary alicyclic amines) is 1. The maximum Gasteiger partial charge on any atom is 0.416 e. The van der Waals surface area contributed by atoms with Gasteiger partial charge in [-0.25, -0.2) is 4.39 Å². The van der Waals surface area contributed by atoms with Crippen LogP contribution in [0, 0.1) is 5.82 Å². The van der Waals surface area contributed by atoms with Crippen molar-refractivity contribution in [2.24, 2.45) is 0 Å². The van der Waals surface area contributed by atoms with E-state index in [1.54, 1.807) is 11.0 Å². The number of hydrogen-bond donors (Lipinski definition) is 1. The molecule has 3 aliphatic heterocycles. The number of fused-ring (bicyclic) bond motifs is 2. The van der Waals surface area contributed by atoms with Crippen molar-refractivity contribution in [3.8, 4) is 0 Å². The van der Waals surface area contributed by atoms with E-state index in [0.29, 0.717) is 12.1 Å². The van der Waals surface area contributed by atoms with E-state index >= 15 is 0 Å². The molecular formula is C24H23F4N3O3. The normalized spacial score (nSPS) is 25.0. The molecule has 1 N–H and O–H groups in total. The molecule has 2 unspecified atom stereocenters. The van der Waals surface area contributed by atoms with E-state index in [-0.39, 0.29) is 38.2 Å². The summed E-state index contributed by atoms with van der Waals surface area (Å²) in [5, 5.41) is 10.2. The number of nitrogens with zero attached hydrogens (tertiary/aromatic N) is 3. The van der Waals surface area contributed by atoms with Gasteiger partial charge in [0.2, 0.25) is 5.91 Å². The number of amides is 2. The number of carbonyl (C=O) groups is 2. The lowest BCUT2D eigenvalue weighted by molar-refractivity contribution is -0.181. The molecule has 2 atom stereocenters. The number of hydrogen-bond acceptors (Lipinski definition) is 5. The van der Waals surface area contributed by atoms with Gasteiger partial charge in [0, 0.05) is 31.7 Å². The average Bonchev–Trinajstić information content (AvgIpc) is 3.15. The van der Waals surface area contributed by atoms with Crippen LogP contribution in [0.5, 0.6) is 0 Å². The quantitative estimate of drug-likeness (QED) is 0.542. The van der Waals surface area contributed by atoms with Crippen LogP contribution in [0.25, 0.3) is 0 Å². The summed E-state index contributed by atoms with van der Waals surface area (Å²) in [7, 11) is 0. The first-order valence-electron chi connectivity index (χ1n) is 11.0. The lowest BCUT2D eigenvalue weighted by Crippen LogP contribution is -2.81. The molecule has 2 aromatic carbocycles. The van der Waals surface area contributed by atoms with Gasteiger partial charge in [-0.3, -0.25) is 24.3 Å². The molecule has 1 spiro atoms. The molecule has 34 heavy (non-hydrogen) atoms. The van der Waals surface area contributed by atoms with Crippen LogP contribution in [0.3, 0.4) is 0 Å². The minimum absolute atomic E-state index is 0.184. The lowest BCUT2D eigenvalue weighted by Gasteiger charge is -2.58. The Morgan fingerprint density at radius 3 is 2.32 bits per heavy atom. The minimum Gasteiger partial charge on any atom is -0.392 e. The van der Waals surface area contributed by atoms with Crippen molar-refractivity contribution in [2.75, 3.05) is 19.6 Å². The first-order valence-corrected chi connectivity index (χ1v) is 11.0. The number of halogens is 4. The van der Waals surface area contributed by atoms with Crippen LogP contribution >= 0.6 is 0 Å². The summed E-state index contributed by atoms with van der Waals surface area (Å²) in [4.78, 5) is 31.4. The van der Waals surface area contributed by atoms with Gasteiger partial charge in [-0.1, -0.05) is 30.3 Å². The molecule has 0 aliphatic carbocycles. The highest BCUT2D eigenvalue weighted by atomic mass is 19.4. The maximum atomic E-state index is 14.2. The fourth-order valence-electron chi connectivity index (χ4n) is 5.30. The second kappa shape index (κ2) is 8.14. The molecule has 10 heteroatoms. The summed E-state index contributed by atoms with van der Waals surface area (Å²) in [6.45, 7) is 0.860. The van der Waals surface area contributed by atoms with Crippen molar-refractivity contribution in [1.29, 1.82) is 0 Å². The Kier molecular flexibility index (Phi) is 5.50. The van der Waals surface area contributed by atoms with Crippen LogP contribution in [0.1, 0.15) is 23.1 Å². The highest BCUT2D eigenvalue weighted by Crippen LogP contribution is 2.41. The maximum absolute atomic E-state index is 14.2. The van der Waals surface area contributed by atoms with Crippen LogP contribution < -0.4 is 0 Å². The zero-order valence-corrected chi connectivity index (χ0v) is 18.1. The third-order valence-electron chi connectivity index (χ3n) is 6.97. The first kappa shape index (κ1) is 22.9. The Balaban J connectivity index is 1.35. The molecule has 3 saturated heterocycles. The summed E-state index contributed by atoms with van der Waals surface area (Å²) in [6, 6.07) is 10.2. The van der Waals surface area contributed by atoms with Gasteiger partial charge in [-0.15, -0.1) is 0 Å². The fraction of sp³-hybridized carbons (Fsp3) is 0.417. The first-order chi connectivity index (χ1) is 16.1. The molecular weight excluding hydrogens is 454 g/mol. The van der Waals surface area contributed by atoms with Gasteiger partial charge in [0.1, 0.15) is 11.4 Å². The van der Waals surface area contributed by atoms with Gasteiger partial charge in [0.05, 0.1) is 24.3 Å². The molecule has 0 bridgehead atoms. The Morgan fingerprint density at radius 1 is 1.00 bits per heavy atom. The molecule has 2 amide bonds. The van der Waals surface area contributed by atoms with Crippen LogP contribution in [0.4, 0.5) is 17.6 Å². The third-order valence-corrected chi connectivity index (χ3v) is 6.97. The molecule has 180 valence electrons. The van der Waals surface area contributed by atoms with Crippen molar-refractivity contribution in [3.05, 3.63) is 71.0 Å². The van der Waals surface area contributed by atoms with Gasteiger partial charge >= 0.3 is 6.18 Å². The lowest BCUT2D eigenvalue weighted by atomic mass is 9.82. The topological polar surface area (TPSA) is 64.1 Å². The molecule has 0 aromatic heterocycles. The van der Waals surface area contributed by atoms with E-state index in [1.807, 2.05) is 4.90 Å². The van der Waals surface area contributed by atoms with Crippen LogP contribution in [0.15, 0.2) is 48.5 Å². The van der Waals surface area contributed by atoms with E-state index in [0.717, 1.165) is 17.0 Å². The summed E-state index contributed by atoms with van der Waals surface area (Å²) in [5.41, 5.74) is -0.863. The van der Waals surface area contributed by atoms with Crippen LogP contribution in [-0.2, 0) is 28.9 Å². The predicted molar refractivity (Wildman–Crippen MR) is 113 cm³/mol. The minimum atomic E-state index is -4.41. The predicted octanol–water partition coefficient (Wildman–Crippen LogP) is 2.40. The zero-order valence-electron chi connectivity index (χ0n) is 18.1. The van der Waals surface area contributed by atoms with Crippen molar-refractivity contribution in [3.63, 3.8) is 0 Å². The van der Waals surface area contributed by atoms with Gasteiger partial charge in [-0.05, 0) is 30.2 Å². The van der Waals surface area contributed by atoms with E-state index in [2.05, 4.69) is 0 Å². The number of carbonyl (C=O) groups excluding carboxylic acids is 2. The van der Waals surface area contributed by atoms with Crippen molar-refractivity contribution in [1.82, 2.24) is 14.7 Å². The Hall–Kier alpha value is -2.82. The zero-order chi connectivity index (χ0) is 24.3. The molecule has 3 heterocycles. The van der Waals surface area contributed by atoms with Crippen molar-refractivity contribution < 1.29 is 32.3 Å². The van der Waals surface area contributed by atoms with Crippen molar-refractivity contribution >= 4 is 11.8 Å². The smallest absolute Gasteiger partial charge is 0.392 e. The number of piperazine rings is 1. The second-order valence-corrected chi connectivity index (χ2v) is 9.25. The van der Waals surface area contributed by atoms with Gasteiger partial charge in [0.15, 0.2) is 0 Å². The van der Waals surface area contributed by atoms with Crippen molar-refractivity contribution in [2.45, 2.75) is 43.4 Å². The largest absolute Gasteiger partial charge is 0.416 e. The summed E-state index contributed by atoms with van der Waals surface area (Å²) < 4.78 is 52.7. The Bertz CT molecular complexity index is 1120. The number of aliphatic hydroxyl groups excluding tert-OH is 1. The molecule has 5 rings (SSSR count). The Morgan fingerprint density at radius 2 is 1.68 bits per heavy atom. The van der Waals surface area contributed by atoms with Gasteiger partial charge in [0.25, 0.3) is 5.91 Å². The number of β-amino-alcohol motifs (C(OH)–C–C–N with tert-alkyl or cyclic N) is 1. The molecule has 0 saturated carbocycles. The number of alkyl halides is 3. The highest BCUT2D eigenvalue weighted by molar-refractivity contribution is 6.06. The number of rotatable bonds is 4. The molecule has 2 aromatic rings. The Labute approximate surface area is 193 Å². The summed E-state index contributed by atoms with van der Waals surface area (Å²) in [5.74, 6) is -1.39. The summed E-state index contributed by atoms with van der Waals surface area (Å²) in [6.07, 6.45) is -4.97. The van der Waals surface area contributed by atoms with Gasteiger partial charge < -0.3 is 5.11 Å². The number of benzene rings is 2. The SMILES string of the molecule is O=C1C2CC(O)CN2C2(CN(Cc3ccc(C(F)(F)F)cc3)C2)C(=O)N1Cc1ccccc1F.